The van der Waals surface area contributed by atoms with Gasteiger partial charge in [-0.15, -0.1) is 0 Å². The minimum absolute atomic E-state index is 0.146. The lowest BCUT2D eigenvalue weighted by molar-refractivity contribution is 0.569. The van der Waals surface area contributed by atoms with Gasteiger partial charge >= 0.3 is 0 Å². The number of pyridine rings is 1. The summed E-state index contributed by atoms with van der Waals surface area (Å²) in [6, 6.07) is 2.98. The first-order chi connectivity index (χ1) is 8.97. The third-order valence-electron chi connectivity index (χ3n) is 2.70. The number of nitrogens with one attached hydrogen (secondary N) is 2. The van der Waals surface area contributed by atoms with Crippen molar-refractivity contribution in [2.75, 3.05) is 5.43 Å². The second-order valence-corrected chi connectivity index (χ2v) is 6.51. The Kier molecular flexibility index (Phi) is 4.16. The van der Waals surface area contributed by atoms with Crippen molar-refractivity contribution in [3.05, 3.63) is 18.3 Å². The number of hydrazone groups is 1. The van der Waals surface area contributed by atoms with E-state index in [1.807, 2.05) is 0 Å². The Morgan fingerprint density at radius 1 is 1.32 bits per heavy atom. The molecule has 0 aromatic carbocycles. The molecule has 0 radical (unpaired) electrons. The van der Waals surface area contributed by atoms with Crippen LogP contribution in [0.2, 0.25) is 0 Å². The van der Waals surface area contributed by atoms with Crippen molar-refractivity contribution in [3.8, 4) is 0 Å². The molecule has 0 bridgehead atoms. The lowest BCUT2D eigenvalue weighted by Gasteiger charge is -2.14. The Labute approximate surface area is 113 Å². The minimum atomic E-state index is -3.48. The summed E-state index contributed by atoms with van der Waals surface area (Å²) in [7, 11) is -3.48. The van der Waals surface area contributed by atoms with E-state index >= 15 is 0 Å². The molecule has 104 valence electrons. The molecule has 1 aromatic heterocycles. The molecule has 7 heteroatoms. The lowest BCUT2D eigenvalue weighted by Crippen LogP contribution is -2.30. The molecular formula is C12H18N4O2S. The Balaban J connectivity index is 2.05. The van der Waals surface area contributed by atoms with Crippen molar-refractivity contribution in [2.45, 2.75) is 44.0 Å². The van der Waals surface area contributed by atoms with E-state index in [4.69, 9.17) is 0 Å². The standard InChI is InChI=1S/C12H18N4O2S/c1-9(2)16-19(17,18)11-6-7-12(13-8-11)15-14-10-4-3-5-10/h6-9,16H,3-5H2,1-2H3,(H,13,15). The van der Waals surface area contributed by atoms with Gasteiger partial charge in [0.25, 0.3) is 0 Å². The van der Waals surface area contributed by atoms with Crippen molar-refractivity contribution in [3.63, 3.8) is 0 Å². The first-order valence-electron chi connectivity index (χ1n) is 6.27. The van der Waals surface area contributed by atoms with Crippen LogP contribution in [0, 0.1) is 0 Å². The van der Waals surface area contributed by atoms with Crippen LogP contribution in [0.5, 0.6) is 0 Å². The summed E-state index contributed by atoms with van der Waals surface area (Å²) in [4.78, 5) is 4.20. The summed E-state index contributed by atoms with van der Waals surface area (Å²) >= 11 is 0. The molecular weight excluding hydrogens is 264 g/mol. The highest BCUT2D eigenvalue weighted by molar-refractivity contribution is 7.89. The van der Waals surface area contributed by atoms with E-state index in [1.165, 1.54) is 18.7 Å². The molecule has 2 rings (SSSR count). The average molecular weight is 282 g/mol. The van der Waals surface area contributed by atoms with Gasteiger partial charge in [-0.05, 0) is 45.2 Å². The number of hydrogen-bond donors (Lipinski definition) is 2. The topological polar surface area (TPSA) is 83.5 Å². The highest BCUT2D eigenvalue weighted by Gasteiger charge is 2.15. The third kappa shape index (κ3) is 3.74. The number of hydrogen-bond acceptors (Lipinski definition) is 5. The second-order valence-electron chi connectivity index (χ2n) is 4.80. The van der Waals surface area contributed by atoms with Gasteiger partial charge in [0, 0.05) is 18.0 Å². The quantitative estimate of drug-likeness (QED) is 0.805. The molecule has 1 aliphatic rings. The van der Waals surface area contributed by atoms with Gasteiger partial charge in [-0.3, -0.25) is 5.43 Å². The fourth-order valence-electron chi connectivity index (χ4n) is 1.57. The molecule has 19 heavy (non-hydrogen) atoms. The van der Waals surface area contributed by atoms with Crippen LogP contribution in [0.15, 0.2) is 28.3 Å². The summed E-state index contributed by atoms with van der Waals surface area (Å²) in [6.07, 6.45) is 4.57. The van der Waals surface area contributed by atoms with Crippen LogP contribution in [-0.4, -0.2) is 25.2 Å². The van der Waals surface area contributed by atoms with Crippen molar-refractivity contribution in [1.82, 2.24) is 9.71 Å². The van der Waals surface area contributed by atoms with Crippen LogP contribution in [0.25, 0.3) is 0 Å². The zero-order valence-electron chi connectivity index (χ0n) is 11.0. The molecule has 0 amide bonds. The number of anilines is 1. The Morgan fingerprint density at radius 3 is 2.53 bits per heavy atom. The van der Waals surface area contributed by atoms with Gasteiger partial charge in [0.1, 0.15) is 10.7 Å². The van der Waals surface area contributed by atoms with E-state index in [0.717, 1.165) is 18.6 Å². The van der Waals surface area contributed by atoms with E-state index < -0.39 is 10.0 Å². The van der Waals surface area contributed by atoms with Gasteiger partial charge in [0.05, 0.1) is 0 Å². The van der Waals surface area contributed by atoms with Gasteiger partial charge in [-0.25, -0.2) is 18.1 Å². The van der Waals surface area contributed by atoms with Crippen LogP contribution in [0.3, 0.4) is 0 Å². The Bertz CT molecular complexity index is 558. The van der Waals surface area contributed by atoms with Gasteiger partial charge in [0.15, 0.2) is 0 Å². The largest absolute Gasteiger partial charge is 0.261 e. The van der Waals surface area contributed by atoms with Crippen LogP contribution in [0.1, 0.15) is 33.1 Å². The van der Waals surface area contributed by atoms with Gasteiger partial charge < -0.3 is 0 Å². The summed E-state index contributed by atoms with van der Waals surface area (Å²) in [5, 5.41) is 4.18. The van der Waals surface area contributed by atoms with E-state index in [9.17, 15) is 8.42 Å². The van der Waals surface area contributed by atoms with Crippen LogP contribution < -0.4 is 10.1 Å². The Morgan fingerprint density at radius 2 is 2.05 bits per heavy atom. The molecule has 1 saturated carbocycles. The highest BCUT2D eigenvalue weighted by atomic mass is 32.2. The van der Waals surface area contributed by atoms with Crippen LogP contribution in [-0.2, 0) is 10.0 Å². The molecule has 0 atom stereocenters. The monoisotopic (exact) mass is 282 g/mol. The highest BCUT2D eigenvalue weighted by Crippen LogP contribution is 2.15. The molecule has 0 aliphatic heterocycles. The summed E-state index contributed by atoms with van der Waals surface area (Å²) < 4.78 is 26.3. The molecule has 1 aromatic rings. The minimum Gasteiger partial charge on any atom is -0.261 e. The number of aromatic nitrogens is 1. The van der Waals surface area contributed by atoms with Gasteiger partial charge in [-0.1, -0.05) is 0 Å². The average Bonchev–Trinajstić information content (AvgIpc) is 2.26. The van der Waals surface area contributed by atoms with Crippen LogP contribution in [0.4, 0.5) is 5.82 Å². The summed E-state index contributed by atoms with van der Waals surface area (Å²) in [5.41, 5.74) is 3.95. The smallest absolute Gasteiger partial charge is 0.242 e. The summed E-state index contributed by atoms with van der Waals surface area (Å²) in [5.74, 6) is 0.544. The predicted octanol–water partition coefficient (Wildman–Crippen LogP) is 1.72. The summed E-state index contributed by atoms with van der Waals surface area (Å²) in [6.45, 7) is 3.55. The SMILES string of the molecule is CC(C)NS(=O)(=O)c1ccc(NN=C2CCC2)nc1. The maximum Gasteiger partial charge on any atom is 0.242 e. The maximum atomic E-state index is 11.9. The van der Waals surface area contributed by atoms with Crippen LogP contribution >= 0.6 is 0 Å². The van der Waals surface area contributed by atoms with Gasteiger partial charge in [-0.2, -0.15) is 5.10 Å². The number of rotatable bonds is 5. The molecule has 6 nitrogen and oxygen atoms in total. The third-order valence-corrected chi connectivity index (χ3v) is 4.34. The Hall–Kier alpha value is -1.47. The zero-order valence-corrected chi connectivity index (χ0v) is 11.9. The van der Waals surface area contributed by atoms with Crippen molar-refractivity contribution in [1.29, 1.82) is 0 Å². The van der Waals surface area contributed by atoms with E-state index in [2.05, 4.69) is 20.2 Å². The molecule has 0 unspecified atom stereocenters. The molecule has 1 aliphatic carbocycles. The molecule has 0 spiro atoms. The zero-order chi connectivity index (χ0) is 13.9. The predicted molar refractivity (Wildman–Crippen MR) is 74.6 cm³/mol. The number of nitrogens with zero attached hydrogens (tertiary/aromatic N) is 2. The fraction of sp³-hybridized carbons (Fsp3) is 0.500. The number of sulfonamides is 1. The lowest BCUT2D eigenvalue weighted by atomic mass is 9.98. The molecule has 1 heterocycles. The van der Waals surface area contributed by atoms with Gasteiger partial charge in [0.2, 0.25) is 10.0 Å². The maximum absolute atomic E-state index is 11.9. The molecule has 2 N–H and O–H groups in total. The normalized spacial score (nSPS) is 15.2. The van der Waals surface area contributed by atoms with E-state index in [1.54, 1.807) is 19.9 Å². The van der Waals surface area contributed by atoms with Crippen molar-refractivity contribution in [2.24, 2.45) is 5.10 Å². The van der Waals surface area contributed by atoms with E-state index in [-0.39, 0.29) is 10.9 Å². The first-order valence-corrected chi connectivity index (χ1v) is 7.75. The molecule has 0 saturated heterocycles. The fourth-order valence-corrected chi connectivity index (χ4v) is 2.76. The van der Waals surface area contributed by atoms with Crippen molar-refractivity contribution < 1.29 is 8.42 Å². The van der Waals surface area contributed by atoms with Crippen molar-refractivity contribution >= 4 is 21.6 Å². The van der Waals surface area contributed by atoms with E-state index in [0.29, 0.717) is 5.82 Å². The molecule has 1 fully saturated rings. The second kappa shape index (κ2) is 5.66. The first kappa shape index (κ1) is 14.0.